The van der Waals surface area contributed by atoms with Gasteiger partial charge >= 0.3 is 0 Å². The molecule has 2 aromatic rings. The predicted octanol–water partition coefficient (Wildman–Crippen LogP) is 4.56. The van der Waals surface area contributed by atoms with Crippen LogP contribution < -0.4 is 5.32 Å². The number of rotatable bonds is 3. The summed E-state index contributed by atoms with van der Waals surface area (Å²) < 4.78 is 1.14. The molecule has 1 aliphatic rings. The maximum atomic E-state index is 3.54. The van der Waals surface area contributed by atoms with E-state index in [0.717, 1.165) is 4.47 Å². The first-order chi connectivity index (χ1) is 9.69. The lowest BCUT2D eigenvalue weighted by molar-refractivity contribution is 0.686. The molecular weight excluding hydrogens is 310 g/mol. The summed E-state index contributed by atoms with van der Waals surface area (Å²) in [5.74, 6) is 0. The van der Waals surface area contributed by atoms with Crippen molar-refractivity contribution in [2.75, 3.05) is 7.05 Å². The first-order valence-corrected chi connectivity index (χ1v) is 8.03. The molecule has 1 unspecified atom stereocenters. The predicted molar refractivity (Wildman–Crippen MR) is 88.2 cm³/mol. The molecule has 0 aliphatic heterocycles. The summed E-state index contributed by atoms with van der Waals surface area (Å²) in [5, 5.41) is 3.47. The summed E-state index contributed by atoms with van der Waals surface area (Å²) in [6.07, 6.45) is 3.79. The number of hydrogen-bond donors (Lipinski definition) is 1. The van der Waals surface area contributed by atoms with E-state index in [-0.39, 0.29) is 6.04 Å². The lowest BCUT2D eigenvalue weighted by Crippen LogP contribution is -2.19. The molecule has 1 atom stereocenters. The molecule has 1 N–H and O–H groups in total. The molecule has 0 fully saturated rings. The lowest BCUT2D eigenvalue weighted by Gasteiger charge is -2.20. The highest BCUT2D eigenvalue weighted by atomic mass is 79.9. The molecule has 0 bridgehead atoms. The van der Waals surface area contributed by atoms with Crippen molar-refractivity contribution in [3.8, 4) is 0 Å². The van der Waals surface area contributed by atoms with Gasteiger partial charge in [0.1, 0.15) is 0 Å². The van der Waals surface area contributed by atoms with E-state index in [4.69, 9.17) is 0 Å². The van der Waals surface area contributed by atoms with Gasteiger partial charge in [0.25, 0.3) is 0 Å². The van der Waals surface area contributed by atoms with Gasteiger partial charge in [-0.15, -0.1) is 0 Å². The maximum absolute atomic E-state index is 3.54. The Labute approximate surface area is 129 Å². The lowest BCUT2D eigenvalue weighted by atomic mass is 9.93. The minimum absolute atomic E-state index is 0.272. The molecule has 0 amide bonds. The topological polar surface area (TPSA) is 12.0 Å². The Morgan fingerprint density at radius 3 is 2.60 bits per heavy atom. The van der Waals surface area contributed by atoms with Gasteiger partial charge in [-0.05, 0) is 73.2 Å². The van der Waals surface area contributed by atoms with E-state index in [2.05, 4.69) is 64.6 Å². The summed E-state index contributed by atoms with van der Waals surface area (Å²) in [5.41, 5.74) is 7.13. The van der Waals surface area contributed by atoms with Gasteiger partial charge in [0.15, 0.2) is 0 Å². The summed E-state index contributed by atoms with van der Waals surface area (Å²) in [6.45, 7) is 2.18. The van der Waals surface area contributed by atoms with Gasteiger partial charge in [-0.2, -0.15) is 0 Å². The maximum Gasteiger partial charge on any atom is 0.0577 e. The largest absolute Gasteiger partial charge is 0.309 e. The molecule has 0 radical (unpaired) electrons. The number of aryl methyl sites for hydroxylation is 3. The number of benzene rings is 2. The number of hydrogen-bond acceptors (Lipinski definition) is 1. The molecule has 0 spiro atoms. The van der Waals surface area contributed by atoms with Crippen LogP contribution in [0.1, 0.15) is 40.3 Å². The van der Waals surface area contributed by atoms with E-state index >= 15 is 0 Å². The molecular formula is C18H20BrN. The van der Waals surface area contributed by atoms with Crippen LogP contribution in [0.25, 0.3) is 0 Å². The van der Waals surface area contributed by atoms with E-state index in [0.29, 0.717) is 0 Å². The van der Waals surface area contributed by atoms with Crippen LogP contribution in [0.4, 0.5) is 0 Å². The average Bonchev–Trinajstić information content (AvgIpc) is 2.89. The van der Waals surface area contributed by atoms with Crippen molar-refractivity contribution in [2.24, 2.45) is 0 Å². The van der Waals surface area contributed by atoms with Crippen molar-refractivity contribution in [2.45, 2.75) is 32.2 Å². The monoisotopic (exact) mass is 329 g/mol. The molecule has 0 saturated carbocycles. The molecule has 2 aromatic carbocycles. The minimum Gasteiger partial charge on any atom is -0.309 e. The van der Waals surface area contributed by atoms with Crippen molar-refractivity contribution in [3.63, 3.8) is 0 Å². The fourth-order valence-corrected chi connectivity index (χ4v) is 3.71. The highest BCUT2D eigenvalue weighted by molar-refractivity contribution is 9.10. The van der Waals surface area contributed by atoms with Gasteiger partial charge in [-0.25, -0.2) is 0 Å². The molecule has 20 heavy (non-hydrogen) atoms. The summed E-state index contributed by atoms with van der Waals surface area (Å²) in [6, 6.07) is 13.8. The van der Waals surface area contributed by atoms with Crippen LogP contribution in [0, 0.1) is 6.92 Å². The zero-order valence-corrected chi connectivity index (χ0v) is 13.6. The zero-order chi connectivity index (χ0) is 14.1. The Morgan fingerprint density at radius 1 is 1.05 bits per heavy atom. The Morgan fingerprint density at radius 2 is 1.85 bits per heavy atom. The van der Waals surface area contributed by atoms with Crippen LogP contribution in [0.5, 0.6) is 0 Å². The third kappa shape index (κ3) is 2.55. The Bertz CT molecular complexity index is 633. The van der Waals surface area contributed by atoms with E-state index in [1.54, 1.807) is 0 Å². The van der Waals surface area contributed by atoms with Crippen LogP contribution in [0.15, 0.2) is 40.9 Å². The normalized spacial score (nSPS) is 15.2. The third-order valence-corrected chi connectivity index (χ3v) is 4.78. The van der Waals surface area contributed by atoms with E-state index in [1.807, 2.05) is 7.05 Å². The quantitative estimate of drug-likeness (QED) is 0.870. The fraction of sp³-hybridized carbons (Fsp3) is 0.333. The summed E-state index contributed by atoms with van der Waals surface area (Å²) >= 11 is 3.54. The number of nitrogens with one attached hydrogen (secondary N) is 1. The number of halogens is 1. The molecule has 3 rings (SSSR count). The van der Waals surface area contributed by atoms with Gasteiger partial charge < -0.3 is 5.32 Å². The summed E-state index contributed by atoms with van der Waals surface area (Å²) in [4.78, 5) is 0. The van der Waals surface area contributed by atoms with Crippen molar-refractivity contribution < 1.29 is 0 Å². The Balaban J connectivity index is 2.01. The molecule has 0 saturated heterocycles. The molecule has 0 heterocycles. The van der Waals surface area contributed by atoms with Crippen molar-refractivity contribution >= 4 is 15.9 Å². The zero-order valence-electron chi connectivity index (χ0n) is 12.0. The summed E-state index contributed by atoms with van der Waals surface area (Å²) in [7, 11) is 2.04. The van der Waals surface area contributed by atoms with E-state index < -0.39 is 0 Å². The Hall–Kier alpha value is -1.12. The fourth-order valence-electron chi connectivity index (χ4n) is 3.24. The van der Waals surface area contributed by atoms with E-state index in [1.165, 1.54) is 47.1 Å². The standard InChI is InChI=1S/C18H20BrN/c1-12-10-16(19)8-9-17(12)18(20-2)15-7-6-13-4-3-5-14(13)11-15/h6-11,18,20H,3-5H2,1-2H3. The second kappa shape index (κ2) is 5.71. The highest BCUT2D eigenvalue weighted by Gasteiger charge is 2.17. The second-order valence-electron chi connectivity index (χ2n) is 5.60. The molecule has 1 nitrogen and oxygen atoms in total. The Kier molecular flexibility index (Phi) is 3.95. The van der Waals surface area contributed by atoms with Crippen LogP contribution in [0.3, 0.4) is 0 Å². The van der Waals surface area contributed by atoms with Crippen molar-refractivity contribution in [1.29, 1.82) is 0 Å². The molecule has 104 valence electrons. The van der Waals surface area contributed by atoms with Gasteiger partial charge in [-0.3, -0.25) is 0 Å². The SMILES string of the molecule is CNC(c1ccc2c(c1)CCC2)c1ccc(Br)cc1C. The van der Waals surface area contributed by atoms with E-state index in [9.17, 15) is 0 Å². The highest BCUT2D eigenvalue weighted by Crippen LogP contribution is 2.30. The van der Waals surface area contributed by atoms with Gasteiger partial charge in [0, 0.05) is 4.47 Å². The van der Waals surface area contributed by atoms with Crippen LogP contribution in [-0.4, -0.2) is 7.05 Å². The van der Waals surface area contributed by atoms with Crippen LogP contribution in [0.2, 0.25) is 0 Å². The average molecular weight is 330 g/mol. The molecule has 2 heteroatoms. The van der Waals surface area contributed by atoms with Gasteiger partial charge in [-0.1, -0.05) is 40.2 Å². The van der Waals surface area contributed by atoms with Crippen molar-refractivity contribution in [1.82, 2.24) is 5.32 Å². The minimum atomic E-state index is 0.272. The third-order valence-electron chi connectivity index (χ3n) is 4.29. The first kappa shape index (κ1) is 13.8. The molecule has 1 aliphatic carbocycles. The van der Waals surface area contributed by atoms with Crippen LogP contribution in [-0.2, 0) is 12.8 Å². The van der Waals surface area contributed by atoms with Gasteiger partial charge in [0.2, 0.25) is 0 Å². The van der Waals surface area contributed by atoms with Crippen LogP contribution >= 0.6 is 15.9 Å². The smallest absolute Gasteiger partial charge is 0.0577 e. The first-order valence-electron chi connectivity index (χ1n) is 7.24. The molecule has 0 aromatic heterocycles. The van der Waals surface area contributed by atoms with Crippen molar-refractivity contribution in [3.05, 3.63) is 68.7 Å². The second-order valence-corrected chi connectivity index (χ2v) is 6.52. The number of fused-ring (bicyclic) bond motifs is 1. The van der Waals surface area contributed by atoms with Gasteiger partial charge in [0.05, 0.1) is 6.04 Å².